The highest BCUT2D eigenvalue weighted by molar-refractivity contribution is 9.10. The standard InChI is InChI=1S/C12H14BrN3S/c1-8-4-10(14)6-16-12(8)15-3-2-11-5-9(13)7-17-11/h4-7H,2-3,14H2,1H3,(H,15,16). The summed E-state index contributed by atoms with van der Waals surface area (Å²) in [6.07, 6.45) is 2.68. The van der Waals surface area contributed by atoms with E-state index in [4.69, 9.17) is 5.73 Å². The van der Waals surface area contributed by atoms with E-state index >= 15 is 0 Å². The van der Waals surface area contributed by atoms with Gasteiger partial charge in [0.1, 0.15) is 5.82 Å². The van der Waals surface area contributed by atoms with Crippen molar-refractivity contribution in [2.45, 2.75) is 13.3 Å². The summed E-state index contributed by atoms with van der Waals surface area (Å²) in [6, 6.07) is 4.08. The number of rotatable bonds is 4. The van der Waals surface area contributed by atoms with Crippen LogP contribution in [0, 0.1) is 6.92 Å². The fourth-order valence-corrected chi connectivity index (χ4v) is 3.03. The number of nitrogens with zero attached hydrogens (tertiary/aromatic N) is 1. The number of halogens is 1. The van der Waals surface area contributed by atoms with Crippen molar-refractivity contribution in [1.82, 2.24) is 4.98 Å². The van der Waals surface area contributed by atoms with E-state index in [0.717, 1.165) is 28.8 Å². The second-order valence-electron chi connectivity index (χ2n) is 3.84. The van der Waals surface area contributed by atoms with Crippen LogP contribution < -0.4 is 11.1 Å². The van der Waals surface area contributed by atoms with Gasteiger partial charge in [-0.3, -0.25) is 0 Å². The van der Waals surface area contributed by atoms with Gasteiger partial charge in [-0.2, -0.15) is 0 Å². The van der Waals surface area contributed by atoms with Crippen molar-refractivity contribution >= 4 is 38.8 Å². The van der Waals surface area contributed by atoms with Crippen LogP contribution in [0.15, 0.2) is 28.2 Å². The van der Waals surface area contributed by atoms with E-state index in [1.54, 1.807) is 17.5 Å². The fraction of sp³-hybridized carbons (Fsp3) is 0.250. The first-order valence-corrected chi connectivity index (χ1v) is 7.01. The molecule has 17 heavy (non-hydrogen) atoms. The Morgan fingerprint density at radius 3 is 2.94 bits per heavy atom. The van der Waals surface area contributed by atoms with Crippen LogP contribution in [-0.2, 0) is 6.42 Å². The number of anilines is 2. The van der Waals surface area contributed by atoms with Crippen LogP contribution in [0.3, 0.4) is 0 Å². The summed E-state index contributed by atoms with van der Waals surface area (Å²) in [5, 5.41) is 5.42. The summed E-state index contributed by atoms with van der Waals surface area (Å²) in [6.45, 7) is 2.89. The third-order valence-electron chi connectivity index (χ3n) is 2.39. The highest BCUT2D eigenvalue weighted by Gasteiger charge is 2.01. The zero-order valence-electron chi connectivity index (χ0n) is 9.53. The van der Waals surface area contributed by atoms with Gasteiger partial charge in [-0.05, 0) is 47.0 Å². The van der Waals surface area contributed by atoms with Gasteiger partial charge >= 0.3 is 0 Å². The Kier molecular flexibility index (Phi) is 4.02. The Bertz CT molecular complexity index is 510. The molecule has 0 aliphatic rings. The minimum Gasteiger partial charge on any atom is -0.397 e. The average Bonchev–Trinajstić information content (AvgIpc) is 2.68. The minimum absolute atomic E-state index is 0.704. The quantitative estimate of drug-likeness (QED) is 0.909. The molecule has 0 aromatic carbocycles. The molecule has 5 heteroatoms. The zero-order chi connectivity index (χ0) is 12.3. The molecule has 90 valence electrons. The van der Waals surface area contributed by atoms with E-state index in [0.29, 0.717) is 5.69 Å². The lowest BCUT2D eigenvalue weighted by Crippen LogP contribution is -2.07. The molecule has 0 saturated heterocycles. The average molecular weight is 312 g/mol. The Hall–Kier alpha value is -1.07. The number of hydrogen-bond donors (Lipinski definition) is 2. The largest absolute Gasteiger partial charge is 0.397 e. The topological polar surface area (TPSA) is 50.9 Å². The summed E-state index contributed by atoms with van der Waals surface area (Å²) in [5.74, 6) is 0.912. The maximum Gasteiger partial charge on any atom is 0.129 e. The van der Waals surface area contributed by atoms with Crippen LogP contribution >= 0.6 is 27.3 Å². The van der Waals surface area contributed by atoms with Crippen molar-refractivity contribution in [3.8, 4) is 0 Å². The molecule has 3 nitrogen and oxygen atoms in total. The number of aryl methyl sites for hydroxylation is 1. The van der Waals surface area contributed by atoms with Crippen LogP contribution in [-0.4, -0.2) is 11.5 Å². The van der Waals surface area contributed by atoms with Gasteiger partial charge in [0.25, 0.3) is 0 Å². The van der Waals surface area contributed by atoms with E-state index in [-0.39, 0.29) is 0 Å². The maximum absolute atomic E-state index is 5.66. The van der Waals surface area contributed by atoms with Crippen LogP contribution in [0.1, 0.15) is 10.4 Å². The van der Waals surface area contributed by atoms with Crippen LogP contribution in [0.5, 0.6) is 0 Å². The summed E-state index contributed by atoms with van der Waals surface area (Å²) < 4.78 is 1.15. The Morgan fingerprint density at radius 2 is 2.29 bits per heavy atom. The number of nitrogen functional groups attached to an aromatic ring is 1. The molecule has 0 radical (unpaired) electrons. The predicted molar refractivity (Wildman–Crippen MR) is 77.6 cm³/mol. The van der Waals surface area contributed by atoms with E-state index in [1.807, 2.05) is 13.0 Å². The number of hydrogen-bond acceptors (Lipinski definition) is 4. The van der Waals surface area contributed by atoms with Crippen LogP contribution in [0.2, 0.25) is 0 Å². The summed E-state index contributed by atoms with van der Waals surface area (Å²) in [5.41, 5.74) is 7.44. The lowest BCUT2D eigenvalue weighted by Gasteiger charge is -2.08. The third kappa shape index (κ3) is 3.44. The first-order valence-electron chi connectivity index (χ1n) is 5.34. The summed E-state index contributed by atoms with van der Waals surface area (Å²) in [4.78, 5) is 5.63. The fourth-order valence-electron chi connectivity index (χ4n) is 1.57. The maximum atomic E-state index is 5.66. The second kappa shape index (κ2) is 5.51. The molecular weight excluding hydrogens is 298 g/mol. The molecule has 0 atom stereocenters. The molecule has 3 N–H and O–H groups in total. The molecular formula is C12H14BrN3S. The zero-order valence-corrected chi connectivity index (χ0v) is 11.9. The van der Waals surface area contributed by atoms with Gasteiger partial charge in [0.05, 0.1) is 11.9 Å². The minimum atomic E-state index is 0.704. The molecule has 2 aromatic heterocycles. The summed E-state index contributed by atoms with van der Waals surface area (Å²) in [7, 11) is 0. The lowest BCUT2D eigenvalue weighted by molar-refractivity contribution is 1.02. The Balaban J connectivity index is 1.90. The summed E-state index contributed by atoms with van der Waals surface area (Å²) >= 11 is 5.22. The van der Waals surface area contributed by atoms with Gasteiger partial charge in [0, 0.05) is 21.3 Å². The van der Waals surface area contributed by atoms with Gasteiger partial charge in [0.2, 0.25) is 0 Å². The first-order chi connectivity index (χ1) is 8.15. The molecule has 0 bridgehead atoms. The van der Waals surface area contributed by atoms with E-state index in [2.05, 4.69) is 37.7 Å². The number of pyridine rings is 1. The van der Waals surface area contributed by atoms with E-state index in [9.17, 15) is 0 Å². The van der Waals surface area contributed by atoms with E-state index < -0.39 is 0 Å². The monoisotopic (exact) mass is 311 g/mol. The molecule has 0 amide bonds. The van der Waals surface area contributed by atoms with Gasteiger partial charge in [-0.15, -0.1) is 11.3 Å². The van der Waals surface area contributed by atoms with Gasteiger partial charge < -0.3 is 11.1 Å². The molecule has 2 aromatic rings. The molecule has 0 fully saturated rings. The predicted octanol–water partition coefficient (Wildman–Crippen LogP) is 3.45. The molecule has 0 aliphatic carbocycles. The molecule has 0 aliphatic heterocycles. The second-order valence-corrected chi connectivity index (χ2v) is 5.75. The van der Waals surface area contributed by atoms with Crippen molar-refractivity contribution < 1.29 is 0 Å². The van der Waals surface area contributed by atoms with E-state index in [1.165, 1.54) is 4.88 Å². The van der Waals surface area contributed by atoms with Gasteiger partial charge in [-0.25, -0.2) is 4.98 Å². The highest BCUT2D eigenvalue weighted by atomic mass is 79.9. The smallest absolute Gasteiger partial charge is 0.129 e. The van der Waals surface area contributed by atoms with Crippen LogP contribution in [0.25, 0.3) is 0 Å². The molecule has 2 rings (SSSR count). The molecule has 0 unspecified atom stereocenters. The van der Waals surface area contributed by atoms with Crippen LogP contribution in [0.4, 0.5) is 11.5 Å². The molecule has 0 spiro atoms. The van der Waals surface area contributed by atoms with Crippen molar-refractivity contribution in [2.24, 2.45) is 0 Å². The SMILES string of the molecule is Cc1cc(N)cnc1NCCc1cc(Br)cs1. The van der Waals surface area contributed by atoms with Gasteiger partial charge in [-0.1, -0.05) is 0 Å². The Morgan fingerprint density at radius 1 is 1.47 bits per heavy atom. The Labute approximate surface area is 113 Å². The number of aromatic nitrogens is 1. The molecule has 0 saturated carbocycles. The normalized spacial score (nSPS) is 10.5. The lowest BCUT2D eigenvalue weighted by atomic mass is 10.2. The van der Waals surface area contributed by atoms with Crippen molar-refractivity contribution in [3.05, 3.63) is 38.6 Å². The number of thiophene rings is 1. The number of nitrogens with two attached hydrogens (primary N) is 1. The van der Waals surface area contributed by atoms with Crippen molar-refractivity contribution in [3.63, 3.8) is 0 Å². The highest BCUT2D eigenvalue weighted by Crippen LogP contribution is 2.20. The molecule has 2 heterocycles. The number of nitrogens with one attached hydrogen (secondary N) is 1. The van der Waals surface area contributed by atoms with Crippen molar-refractivity contribution in [1.29, 1.82) is 0 Å². The first kappa shape index (κ1) is 12.4. The third-order valence-corrected chi connectivity index (χ3v) is 4.14. The van der Waals surface area contributed by atoms with Crippen molar-refractivity contribution in [2.75, 3.05) is 17.6 Å². The van der Waals surface area contributed by atoms with Gasteiger partial charge in [0.15, 0.2) is 0 Å².